The summed E-state index contributed by atoms with van der Waals surface area (Å²) in [7, 11) is 1.64. The number of ether oxygens (including phenoxy) is 1. The average Bonchev–Trinajstić information content (AvgIpc) is 3.12. The van der Waals surface area contributed by atoms with Gasteiger partial charge in [-0.1, -0.05) is 6.07 Å². The largest absolute Gasteiger partial charge is 0.497 e. The van der Waals surface area contributed by atoms with Crippen molar-refractivity contribution in [2.75, 3.05) is 44.7 Å². The number of carbonyl (C=O) groups is 1. The van der Waals surface area contributed by atoms with Gasteiger partial charge in [0.1, 0.15) is 11.6 Å². The second-order valence-corrected chi connectivity index (χ2v) is 6.49. The highest BCUT2D eigenvalue weighted by Gasteiger charge is 2.21. The van der Waals surface area contributed by atoms with Crippen molar-refractivity contribution in [2.45, 2.75) is 0 Å². The third kappa shape index (κ3) is 3.28. The van der Waals surface area contributed by atoms with Crippen LogP contribution in [0.1, 0.15) is 10.4 Å². The van der Waals surface area contributed by atoms with Gasteiger partial charge in [0.25, 0.3) is 0 Å². The third-order valence-electron chi connectivity index (χ3n) is 4.90. The first-order valence-electron chi connectivity index (χ1n) is 8.81. The summed E-state index contributed by atoms with van der Waals surface area (Å²) >= 11 is 0. The van der Waals surface area contributed by atoms with Crippen LogP contribution in [0.5, 0.6) is 5.75 Å². The minimum absolute atomic E-state index is 0.146. The molecule has 0 atom stereocenters. The Labute approximate surface area is 152 Å². The fourth-order valence-corrected chi connectivity index (χ4v) is 3.43. The normalized spacial score (nSPS) is 15.3. The van der Waals surface area contributed by atoms with Crippen LogP contribution in [0.4, 0.5) is 5.82 Å². The molecule has 1 saturated heterocycles. The van der Waals surface area contributed by atoms with Crippen LogP contribution in [0.3, 0.4) is 0 Å². The number of anilines is 1. The molecule has 0 saturated carbocycles. The molecule has 1 aliphatic rings. The number of Topliss-reactive ketones (excluding diaryl/α,β-unsaturated/α-hetero) is 1. The van der Waals surface area contributed by atoms with E-state index in [9.17, 15) is 4.79 Å². The van der Waals surface area contributed by atoms with Gasteiger partial charge in [-0.2, -0.15) is 0 Å². The molecule has 1 N–H and O–H groups in total. The molecule has 1 fully saturated rings. The minimum atomic E-state index is 0.146. The van der Waals surface area contributed by atoms with Crippen molar-refractivity contribution in [1.29, 1.82) is 0 Å². The number of piperazine rings is 1. The maximum atomic E-state index is 12.8. The molecule has 6 heteroatoms. The predicted octanol–water partition coefficient (Wildman–Crippen LogP) is 2.58. The highest BCUT2D eigenvalue weighted by Crippen LogP contribution is 2.24. The van der Waals surface area contributed by atoms with Gasteiger partial charge in [0, 0.05) is 61.1 Å². The zero-order valence-electron chi connectivity index (χ0n) is 14.8. The Kier molecular flexibility index (Phi) is 4.58. The van der Waals surface area contributed by atoms with E-state index in [1.807, 2.05) is 42.6 Å². The van der Waals surface area contributed by atoms with Crippen LogP contribution in [0, 0.1) is 0 Å². The number of hydrogen-bond acceptors (Lipinski definition) is 5. The van der Waals surface area contributed by atoms with Gasteiger partial charge in [0.2, 0.25) is 0 Å². The summed E-state index contributed by atoms with van der Waals surface area (Å²) in [6.45, 7) is 3.93. The Morgan fingerprint density at radius 2 is 2.04 bits per heavy atom. The summed E-state index contributed by atoms with van der Waals surface area (Å²) in [6, 6.07) is 11.7. The van der Waals surface area contributed by atoms with Crippen LogP contribution in [0.25, 0.3) is 10.9 Å². The molecule has 3 aromatic rings. The maximum absolute atomic E-state index is 12.8. The van der Waals surface area contributed by atoms with E-state index >= 15 is 0 Å². The first kappa shape index (κ1) is 16.6. The van der Waals surface area contributed by atoms with E-state index < -0.39 is 0 Å². The molecular formula is C20H22N4O2. The van der Waals surface area contributed by atoms with Crippen molar-refractivity contribution in [3.63, 3.8) is 0 Å². The molecule has 0 unspecified atom stereocenters. The van der Waals surface area contributed by atoms with Gasteiger partial charge < -0.3 is 14.6 Å². The summed E-state index contributed by atoms with van der Waals surface area (Å²) in [5.41, 5.74) is 1.67. The molecule has 0 bridgehead atoms. The molecule has 26 heavy (non-hydrogen) atoms. The number of H-pyrrole nitrogens is 1. The van der Waals surface area contributed by atoms with Crippen molar-refractivity contribution < 1.29 is 9.53 Å². The van der Waals surface area contributed by atoms with Gasteiger partial charge in [0.05, 0.1) is 13.7 Å². The van der Waals surface area contributed by atoms with Gasteiger partial charge >= 0.3 is 0 Å². The van der Waals surface area contributed by atoms with Crippen molar-refractivity contribution >= 4 is 22.5 Å². The van der Waals surface area contributed by atoms with Crippen LogP contribution in [-0.4, -0.2) is 60.5 Å². The summed E-state index contributed by atoms with van der Waals surface area (Å²) in [5, 5.41) is 0.947. The Hall–Kier alpha value is -2.86. The van der Waals surface area contributed by atoms with E-state index in [-0.39, 0.29) is 5.78 Å². The molecule has 4 rings (SSSR count). The number of nitrogens with zero attached hydrogens (tertiary/aromatic N) is 3. The number of fused-ring (bicyclic) bond motifs is 1. The standard InChI is InChI=1S/C20H22N4O2/c1-26-15-5-6-16-17(13-22-18(16)12-15)19(25)14-23-8-10-24(11-9-23)20-4-2-3-7-21-20/h2-7,12-13,22H,8-11,14H2,1H3. The summed E-state index contributed by atoms with van der Waals surface area (Å²) in [6.07, 6.45) is 3.62. The van der Waals surface area contributed by atoms with Gasteiger partial charge in [-0.3, -0.25) is 9.69 Å². The number of hydrogen-bond donors (Lipinski definition) is 1. The first-order valence-corrected chi connectivity index (χ1v) is 8.81. The number of methoxy groups -OCH3 is 1. The number of aromatic nitrogens is 2. The quantitative estimate of drug-likeness (QED) is 0.717. The third-order valence-corrected chi connectivity index (χ3v) is 4.90. The lowest BCUT2D eigenvalue weighted by Gasteiger charge is -2.34. The molecule has 134 valence electrons. The Bertz CT molecular complexity index is 899. The number of rotatable bonds is 5. The van der Waals surface area contributed by atoms with E-state index in [2.05, 4.69) is 19.8 Å². The Balaban J connectivity index is 1.40. The number of benzene rings is 1. The molecule has 0 aliphatic carbocycles. The van der Waals surface area contributed by atoms with Gasteiger partial charge in [-0.25, -0.2) is 4.98 Å². The topological polar surface area (TPSA) is 61.5 Å². The highest BCUT2D eigenvalue weighted by molar-refractivity contribution is 6.09. The molecule has 0 amide bonds. The zero-order chi connectivity index (χ0) is 17.9. The second-order valence-electron chi connectivity index (χ2n) is 6.49. The smallest absolute Gasteiger partial charge is 0.178 e. The number of aromatic amines is 1. The van der Waals surface area contributed by atoms with Crippen molar-refractivity contribution in [3.05, 3.63) is 54.4 Å². The molecule has 2 aromatic heterocycles. The number of pyridine rings is 1. The van der Waals surface area contributed by atoms with Crippen LogP contribution in [0.15, 0.2) is 48.8 Å². The number of nitrogens with one attached hydrogen (secondary N) is 1. The summed E-state index contributed by atoms with van der Waals surface area (Å²) in [5.74, 6) is 1.93. The zero-order valence-corrected chi connectivity index (χ0v) is 14.8. The van der Waals surface area contributed by atoms with Crippen LogP contribution in [-0.2, 0) is 0 Å². The van der Waals surface area contributed by atoms with E-state index in [1.165, 1.54) is 0 Å². The molecule has 0 spiro atoms. The monoisotopic (exact) mass is 350 g/mol. The maximum Gasteiger partial charge on any atom is 0.178 e. The van der Waals surface area contributed by atoms with Gasteiger partial charge in [-0.05, 0) is 24.3 Å². The van der Waals surface area contributed by atoms with Crippen LogP contribution < -0.4 is 9.64 Å². The first-order chi connectivity index (χ1) is 12.7. The van der Waals surface area contributed by atoms with E-state index in [0.717, 1.165) is 54.2 Å². The fourth-order valence-electron chi connectivity index (χ4n) is 3.43. The van der Waals surface area contributed by atoms with Crippen molar-refractivity contribution in [1.82, 2.24) is 14.9 Å². The molecular weight excluding hydrogens is 328 g/mol. The molecule has 0 radical (unpaired) electrons. The Morgan fingerprint density at radius 3 is 2.77 bits per heavy atom. The van der Waals surface area contributed by atoms with Gasteiger partial charge in [0.15, 0.2) is 5.78 Å². The summed E-state index contributed by atoms with van der Waals surface area (Å²) < 4.78 is 5.24. The van der Waals surface area contributed by atoms with E-state index in [4.69, 9.17) is 4.74 Å². The minimum Gasteiger partial charge on any atom is -0.497 e. The van der Waals surface area contributed by atoms with Crippen molar-refractivity contribution in [3.8, 4) is 5.75 Å². The lowest BCUT2D eigenvalue weighted by atomic mass is 10.1. The average molecular weight is 350 g/mol. The highest BCUT2D eigenvalue weighted by atomic mass is 16.5. The van der Waals surface area contributed by atoms with E-state index in [0.29, 0.717) is 6.54 Å². The lowest BCUT2D eigenvalue weighted by Crippen LogP contribution is -2.48. The van der Waals surface area contributed by atoms with Crippen LogP contribution >= 0.6 is 0 Å². The molecule has 3 heterocycles. The van der Waals surface area contributed by atoms with Crippen molar-refractivity contribution in [2.24, 2.45) is 0 Å². The number of ketones is 1. The molecule has 1 aliphatic heterocycles. The lowest BCUT2D eigenvalue weighted by molar-refractivity contribution is 0.0928. The van der Waals surface area contributed by atoms with Gasteiger partial charge in [-0.15, -0.1) is 0 Å². The van der Waals surface area contributed by atoms with E-state index in [1.54, 1.807) is 13.3 Å². The molecule has 6 nitrogen and oxygen atoms in total. The predicted molar refractivity (Wildman–Crippen MR) is 102 cm³/mol. The number of carbonyl (C=O) groups excluding carboxylic acids is 1. The Morgan fingerprint density at radius 1 is 1.19 bits per heavy atom. The van der Waals surface area contributed by atoms with Crippen LogP contribution in [0.2, 0.25) is 0 Å². The summed E-state index contributed by atoms with van der Waals surface area (Å²) in [4.78, 5) is 24.8. The fraction of sp³-hybridized carbons (Fsp3) is 0.300. The SMILES string of the molecule is COc1ccc2c(C(=O)CN3CCN(c4ccccn4)CC3)c[nH]c2c1. The second kappa shape index (κ2) is 7.17. The molecule has 1 aromatic carbocycles.